The molecule has 2 N–H and O–H groups in total. The van der Waals surface area contributed by atoms with Crippen molar-refractivity contribution in [2.24, 2.45) is 5.73 Å². The van der Waals surface area contributed by atoms with E-state index in [0.717, 1.165) is 11.3 Å². The van der Waals surface area contributed by atoms with E-state index < -0.39 is 6.03 Å². The van der Waals surface area contributed by atoms with Crippen LogP contribution in [0.3, 0.4) is 0 Å². The lowest BCUT2D eigenvalue weighted by Gasteiger charge is -2.13. The molecule has 0 saturated heterocycles. The Morgan fingerprint density at radius 1 is 1.50 bits per heavy atom. The van der Waals surface area contributed by atoms with E-state index in [1.54, 1.807) is 0 Å². The van der Waals surface area contributed by atoms with Crippen LogP contribution in [0.25, 0.3) is 0 Å². The van der Waals surface area contributed by atoms with Gasteiger partial charge in [0.15, 0.2) is 0 Å². The highest BCUT2D eigenvalue weighted by molar-refractivity contribution is 14.1. The Morgan fingerprint density at radius 3 is 2.58 bits per heavy atom. The Bertz CT molecular complexity index is 301. The zero-order chi connectivity index (χ0) is 9.14. The van der Waals surface area contributed by atoms with Gasteiger partial charge in [0.05, 0.1) is 28.6 Å². The monoisotopic (exact) mass is 276 g/mol. The van der Waals surface area contributed by atoms with E-state index in [4.69, 9.17) is 5.73 Å². The molecule has 64 valence electrons. The molecule has 0 radical (unpaired) electrons. The predicted octanol–water partition coefficient (Wildman–Crippen LogP) is 2.23. The Labute approximate surface area is 85.0 Å². The third-order valence-corrected chi connectivity index (χ3v) is 2.52. The van der Waals surface area contributed by atoms with Gasteiger partial charge in [-0.3, -0.25) is 0 Å². The predicted molar refractivity (Wildman–Crippen MR) is 57.3 cm³/mol. The Balaban J connectivity index is 3.02. The molecule has 1 aromatic carbocycles. The Kier molecular flexibility index (Phi) is 2.91. The van der Waals surface area contributed by atoms with Crippen molar-refractivity contribution < 1.29 is 4.79 Å². The molecule has 0 unspecified atom stereocenters. The van der Waals surface area contributed by atoms with Crippen LogP contribution >= 0.6 is 22.9 Å². The smallest absolute Gasteiger partial charge is 0.328 e. The standard InChI is InChI=1S/C8H9IN2O/c1-6-4-2-3-5-7(6)11(9)8(10)12/h2-5H,1H3,(H2,10,12). The average Bonchev–Trinajstić information content (AvgIpc) is 2.04. The van der Waals surface area contributed by atoms with Gasteiger partial charge < -0.3 is 5.73 Å². The first-order valence-electron chi connectivity index (χ1n) is 3.44. The van der Waals surface area contributed by atoms with Crippen LogP contribution in [0, 0.1) is 6.92 Å². The number of aryl methyl sites for hydroxylation is 1. The first kappa shape index (κ1) is 9.31. The summed E-state index contributed by atoms with van der Waals surface area (Å²) in [5, 5.41) is 0. The number of hydrogen-bond donors (Lipinski definition) is 1. The molecule has 0 aliphatic heterocycles. The molecule has 12 heavy (non-hydrogen) atoms. The second-order valence-corrected chi connectivity index (χ2v) is 3.37. The molecule has 3 nitrogen and oxygen atoms in total. The number of carbonyl (C=O) groups is 1. The molecule has 0 heterocycles. The Hall–Kier alpha value is -0.780. The number of carbonyl (C=O) groups excluding carboxylic acids is 1. The molecule has 0 aliphatic carbocycles. The van der Waals surface area contributed by atoms with Gasteiger partial charge in [-0.05, 0) is 18.6 Å². The van der Waals surface area contributed by atoms with Gasteiger partial charge in [-0.1, -0.05) is 18.2 Å². The van der Waals surface area contributed by atoms with Crippen LogP contribution in [0.5, 0.6) is 0 Å². The van der Waals surface area contributed by atoms with Gasteiger partial charge in [0.25, 0.3) is 0 Å². The van der Waals surface area contributed by atoms with E-state index in [1.807, 2.05) is 54.1 Å². The van der Waals surface area contributed by atoms with Gasteiger partial charge in [0.2, 0.25) is 0 Å². The highest BCUT2D eigenvalue weighted by Crippen LogP contribution is 2.21. The van der Waals surface area contributed by atoms with Crippen LogP contribution in [0.15, 0.2) is 24.3 Å². The van der Waals surface area contributed by atoms with E-state index in [-0.39, 0.29) is 0 Å². The van der Waals surface area contributed by atoms with Gasteiger partial charge in [-0.25, -0.2) is 7.91 Å². The second-order valence-electron chi connectivity index (χ2n) is 2.41. The van der Waals surface area contributed by atoms with E-state index in [9.17, 15) is 4.79 Å². The quantitative estimate of drug-likeness (QED) is 0.620. The van der Waals surface area contributed by atoms with E-state index >= 15 is 0 Å². The minimum atomic E-state index is -0.454. The van der Waals surface area contributed by atoms with Crippen molar-refractivity contribution >= 4 is 34.6 Å². The van der Waals surface area contributed by atoms with E-state index in [2.05, 4.69) is 0 Å². The number of amides is 2. The molecular formula is C8H9IN2O. The number of hydrogen-bond acceptors (Lipinski definition) is 1. The summed E-state index contributed by atoms with van der Waals surface area (Å²) in [6.07, 6.45) is 0. The first-order chi connectivity index (χ1) is 5.63. The summed E-state index contributed by atoms with van der Waals surface area (Å²) in [4.78, 5) is 10.8. The van der Waals surface area contributed by atoms with Crippen LogP contribution < -0.4 is 8.85 Å². The number of halogens is 1. The minimum Gasteiger partial charge on any atom is -0.351 e. The summed E-state index contributed by atoms with van der Waals surface area (Å²) >= 11 is 1.88. The number of para-hydroxylation sites is 1. The highest BCUT2D eigenvalue weighted by Gasteiger charge is 2.09. The molecule has 0 saturated carbocycles. The molecule has 4 heteroatoms. The topological polar surface area (TPSA) is 46.3 Å². The summed E-state index contributed by atoms with van der Waals surface area (Å²) in [5.41, 5.74) is 6.99. The lowest BCUT2D eigenvalue weighted by molar-refractivity contribution is 0.258. The van der Waals surface area contributed by atoms with Gasteiger partial charge in [-0.15, -0.1) is 0 Å². The summed E-state index contributed by atoms with van der Waals surface area (Å²) in [6.45, 7) is 1.93. The second kappa shape index (κ2) is 3.75. The normalized spacial score (nSPS) is 9.50. The van der Waals surface area contributed by atoms with Crippen LogP contribution in [-0.2, 0) is 0 Å². The fourth-order valence-corrected chi connectivity index (χ4v) is 1.44. The van der Waals surface area contributed by atoms with E-state index in [1.165, 1.54) is 3.11 Å². The van der Waals surface area contributed by atoms with Gasteiger partial charge in [-0.2, -0.15) is 0 Å². The summed E-state index contributed by atoms with van der Waals surface area (Å²) in [5.74, 6) is 0. The van der Waals surface area contributed by atoms with Crippen LogP contribution in [-0.4, -0.2) is 6.03 Å². The van der Waals surface area contributed by atoms with Crippen molar-refractivity contribution in [2.75, 3.05) is 3.11 Å². The first-order valence-corrected chi connectivity index (χ1v) is 4.40. The molecule has 2 amide bonds. The number of benzene rings is 1. The molecule has 1 aromatic rings. The molecule has 0 spiro atoms. The highest BCUT2D eigenvalue weighted by atomic mass is 127. The van der Waals surface area contributed by atoms with Crippen molar-refractivity contribution in [1.82, 2.24) is 0 Å². The van der Waals surface area contributed by atoms with Crippen LogP contribution in [0.4, 0.5) is 10.5 Å². The number of urea groups is 1. The summed E-state index contributed by atoms with van der Waals surface area (Å²) < 4.78 is 1.40. The van der Waals surface area contributed by atoms with Crippen molar-refractivity contribution in [3.05, 3.63) is 29.8 Å². The third kappa shape index (κ3) is 1.88. The van der Waals surface area contributed by atoms with Gasteiger partial charge in [0.1, 0.15) is 0 Å². The zero-order valence-corrected chi connectivity index (χ0v) is 8.78. The minimum absolute atomic E-state index is 0.454. The largest absolute Gasteiger partial charge is 0.351 e. The van der Waals surface area contributed by atoms with Crippen molar-refractivity contribution in [2.45, 2.75) is 6.92 Å². The number of nitrogens with two attached hydrogens (primary N) is 1. The molecule has 0 atom stereocenters. The molecular weight excluding hydrogens is 267 g/mol. The maximum absolute atomic E-state index is 10.8. The Morgan fingerprint density at radius 2 is 2.08 bits per heavy atom. The van der Waals surface area contributed by atoms with Crippen LogP contribution in [0.1, 0.15) is 5.56 Å². The molecule has 0 fully saturated rings. The molecule has 0 aromatic heterocycles. The summed E-state index contributed by atoms with van der Waals surface area (Å²) in [7, 11) is 0. The summed E-state index contributed by atoms with van der Waals surface area (Å²) in [6, 6.07) is 7.13. The zero-order valence-electron chi connectivity index (χ0n) is 6.62. The maximum atomic E-state index is 10.8. The molecule has 1 rings (SSSR count). The average molecular weight is 276 g/mol. The number of anilines is 1. The van der Waals surface area contributed by atoms with Crippen LogP contribution in [0.2, 0.25) is 0 Å². The number of rotatable bonds is 1. The third-order valence-electron chi connectivity index (χ3n) is 1.52. The lowest BCUT2D eigenvalue weighted by atomic mass is 10.2. The molecule has 0 aliphatic rings. The fraction of sp³-hybridized carbons (Fsp3) is 0.125. The van der Waals surface area contributed by atoms with Gasteiger partial charge in [0, 0.05) is 0 Å². The van der Waals surface area contributed by atoms with Crippen molar-refractivity contribution in [3.8, 4) is 0 Å². The van der Waals surface area contributed by atoms with E-state index in [0.29, 0.717) is 0 Å². The van der Waals surface area contributed by atoms with Crippen molar-refractivity contribution in [1.29, 1.82) is 0 Å². The van der Waals surface area contributed by atoms with Crippen molar-refractivity contribution in [3.63, 3.8) is 0 Å². The SMILES string of the molecule is Cc1ccccc1N(I)C(N)=O. The fourth-order valence-electron chi connectivity index (χ4n) is 0.902. The number of primary amides is 1. The number of nitrogens with zero attached hydrogens (tertiary/aromatic N) is 1. The lowest BCUT2D eigenvalue weighted by Crippen LogP contribution is -2.26. The maximum Gasteiger partial charge on any atom is 0.328 e. The van der Waals surface area contributed by atoms with Gasteiger partial charge >= 0.3 is 6.03 Å². The molecule has 0 bridgehead atoms.